The van der Waals surface area contributed by atoms with Crippen LogP contribution in [0.3, 0.4) is 0 Å². The molecule has 1 N–H and O–H groups in total. The number of rotatable bonds is 8. The first kappa shape index (κ1) is 31.1. The van der Waals surface area contributed by atoms with Crippen LogP contribution in [0.2, 0.25) is 5.02 Å². The fourth-order valence-electron chi connectivity index (χ4n) is 4.17. The van der Waals surface area contributed by atoms with E-state index in [1.54, 1.807) is 24.3 Å². The van der Waals surface area contributed by atoms with Gasteiger partial charge in [-0.2, -0.15) is 0 Å². The fourth-order valence-corrected chi connectivity index (χ4v) is 5.77. The average Bonchev–Trinajstić information content (AvgIpc) is 3.24. The zero-order valence-electron chi connectivity index (χ0n) is 21.8. The SMILES string of the molecule is COC(=O)O[C@H]1[C@H](n2ccc(=O)[nH]c2=O)O[C@@](CO[P@@]2(=O)OCC[C@@H](c3cccc(Cl)c3)O2)(N=[N+]=[N-])[C@H]1OC(=O)OC. The Morgan fingerprint density at radius 2 is 1.98 bits per heavy atom. The summed E-state index contributed by atoms with van der Waals surface area (Å²) < 4.78 is 56.0. The highest BCUT2D eigenvalue weighted by Gasteiger charge is 2.62. The van der Waals surface area contributed by atoms with Crippen molar-refractivity contribution < 1.29 is 51.4 Å². The molecule has 0 unspecified atom stereocenters. The van der Waals surface area contributed by atoms with E-state index in [0.717, 1.165) is 31.0 Å². The van der Waals surface area contributed by atoms with Gasteiger partial charge in [-0.05, 0) is 23.2 Å². The number of hydrogen-bond donors (Lipinski definition) is 1. The monoisotopic (exact) mass is 631 g/mol. The van der Waals surface area contributed by atoms with Gasteiger partial charge in [0.2, 0.25) is 5.72 Å². The van der Waals surface area contributed by atoms with Crippen LogP contribution >= 0.6 is 19.4 Å². The Balaban J connectivity index is 1.72. The van der Waals surface area contributed by atoms with Crippen molar-refractivity contribution >= 4 is 31.7 Å². The van der Waals surface area contributed by atoms with Crippen molar-refractivity contribution in [3.05, 3.63) is 78.4 Å². The highest BCUT2D eigenvalue weighted by Crippen LogP contribution is 2.58. The van der Waals surface area contributed by atoms with Crippen LogP contribution in [0.15, 0.2) is 51.2 Å². The minimum atomic E-state index is -4.42. The van der Waals surface area contributed by atoms with E-state index in [2.05, 4.69) is 19.5 Å². The number of carbonyl (C=O) groups is 2. The number of phosphoric acid groups is 1. The van der Waals surface area contributed by atoms with Crippen LogP contribution < -0.4 is 11.2 Å². The van der Waals surface area contributed by atoms with Gasteiger partial charge in [-0.3, -0.25) is 27.9 Å². The number of carbonyl (C=O) groups excluding carboxylic acids is 2. The predicted octanol–water partition coefficient (Wildman–Crippen LogP) is 3.33. The highest BCUT2D eigenvalue weighted by molar-refractivity contribution is 7.48. The van der Waals surface area contributed by atoms with Gasteiger partial charge in [-0.25, -0.2) is 18.9 Å². The van der Waals surface area contributed by atoms with Crippen molar-refractivity contribution in [3.8, 4) is 0 Å². The van der Waals surface area contributed by atoms with E-state index in [9.17, 15) is 29.3 Å². The van der Waals surface area contributed by atoms with Gasteiger partial charge in [-0.1, -0.05) is 28.8 Å². The van der Waals surface area contributed by atoms with Crippen LogP contribution in [0, 0.1) is 0 Å². The predicted molar refractivity (Wildman–Crippen MR) is 137 cm³/mol. The van der Waals surface area contributed by atoms with Gasteiger partial charge in [0.25, 0.3) is 5.56 Å². The first-order chi connectivity index (χ1) is 20.0. The second-order valence-electron chi connectivity index (χ2n) is 8.58. The molecule has 1 aromatic heterocycles. The molecule has 2 aliphatic rings. The summed E-state index contributed by atoms with van der Waals surface area (Å²) in [5, 5.41) is 3.97. The lowest BCUT2D eigenvalue weighted by molar-refractivity contribution is -0.131. The molecule has 0 aliphatic carbocycles. The van der Waals surface area contributed by atoms with Crippen LogP contribution in [0.4, 0.5) is 9.59 Å². The maximum Gasteiger partial charge on any atom is 0.508 e. The molecule has 4 rings (SSSR count). The number of aromatic amines is 1. The summed E-state index contributed by atoms with van der Waals surface area (Å²) in [7, 11) is -2.49. The largest absolute Gasteiger partial charge is 0.508 e. The number of ether oxygens (including phenoxy) is 5. The summed E-state index contributed by atoms with van der Waals surface area (Å²) in [6.07, 6.45) is -7.62. The molecule has 2 saturated heterocycles. The lowest BCUT2D eigenvalue weighted by atomic mass is 10.1. The summed E-state index contributed by atoms with van der Waals surface area (Å²) in [6, 6.07) is 7.54. The van der Waals surface area contributed by atoms with Gasteiger partial charge < -0.3 is 23.7 Å². The molecule has 20 heteroatoms. The van der Waals surface area contributed by atoms with E-state index in [1.807, 2.05) is 4.98 Å². The molecule has 0 bridgehead atoms. The minimum Gasteiger partial charge on any atom is -0.438 e. The number of aromatic nitrogens is 2. The van der Waals surface area contributed by atoms with Gasteiger partial charge in [0, 0.05) is 28.6 Å². The molecule has 0 saturated carbocycles. The highest BCUT2D eigenvalue weighted by atomic mass is 35.5. The zero-order valence-corrected chi connectivity index (χ0v) is 23.5. The van der Waals surface area contributed by atoms with Crippen molar-refractivity contribution in [1.29, 1.82) is 0 Å². The van der Waals surface area contributed by atoms with Gasteiger partial charge in [0.05, 0.1) is 33.5 Å². The van der Waals surface area contributed by atoms with Gasteiger partial charge in [-0.15, -0.1) is 0 Å². The third-order valence-electron chi connectivity index (χ3n) is 6.01. The van der Waals surface area contributed by atoms with E-state index < -0.39 is 68.3 Å². The molecule has 0 amide bonds. The van der Waals surface area contributed by atoms with E-state index in [0.29, 0.717) is 10.6 Å². The number of nitrogens with one attached hydrogen (secondary N) is 1. The standard InChI is InChI=1S/C22H23ClN5O13P/c1-34-20(31)38-16-17(39-21(32)35-2)22(26-27-24,40-18(16)28-8-6-15(29)25-19(28)30)11-37-42(33)36-9-7-14(41-42)12-4-3-5-13(23)10-12/h3-6,8,10,14,16-18H,7,9,11H2,1-2H3,(H,25,29,30)/t14-,16+,17-,18+,22+,42+/m0/s1. The molecule has 2 aromatic rings. The van der Waals surface area contributed by atoms with Crippen LogP contribution in [0.1, 0.15) is 24.3 Å². The number of halogens is 1. The third kappa shape index (κ3) is 6.77. The van der Waals surface area contributed by atoms with E-state index >= 15 is 0 Å². The topological polar surface area (TPSA) is 229 Å². The Kier molecular flexibility index (Phi) is 9.58. The molecule has 2 aliphatic heterocycles. The van der Waals surface area contributed by atoms with Crippen molar-refractivity contribution in [3.63, 3.8) is 0 Å². The molecule has 6 atom stereocenters. The zero-order chi connectivity index (χ0) is 30.5. The van der Waals surface area contributed by atoms with Crippen LogP contribution in [-0.4, -0.2) is 67.2 Å². The Labute approximate surface area is 240 Å². The molecule has 18 nitrogen and oxygen atoms in total. The van der Waals surface area contributed by atoms with Crippen molar-refractivity contribution in [1.82, 2.24) is 9.55 Å². The fraction of sp³-hybridized carbons (Fsp3) is 0.455. The first-order valence-corrected chi connectivity index (χ1v) is 13.7. The Bertz CT molecular complexity index is 1540. The Morgan fingerprint density at radius 3 is 2.64 bits per heavy atom. The van der Waals surface area contributed by atoms with Crippen LogP contribution in [0.5, 0.6) is 0 Å². The number of nitrogens with zero attached hydrogens (tertiary/aromatic N) is 4. The molecule has 42 heavy (non-hydrogen) atoms. The number of benzene rings is 1. The second kappa shape index (κ2) is 13.0. The molecule has 0 spiro atoms. The molecule has 226 valence electrons. The van der Waals surface area contributed by atoms with Crippen LogP contribution in [0.25, 0.3) is 10.4 Å². The van der Waals surface area contributed by atoms with Gasteiger partial charge >= 0.3 is 25.8 Å². The Hall–Kier alpha value is -3.89. The minimum absolute atomic E-state index is 0.0740. The lowest BCUT2D eigenvalue weighted by Crippen LogP contribution is -2.49. The Morgan fingerprint density at radius 1 is 1.24 bits per heavy atom. The van der Waals surface area contributed by atoms with Gasteiger partial charge in [0.1, 0.15) is 0 Å². The number of methoxy groups -OCH3 is 2. The molecule has 2 fully saturated rings. The number of H-pyrrole nitrogens is 1. The maximum atomic E-state index is 13.5. The maximum absolute atomic E-state index is 13.5. The molecule has 3 heterocycles. The molecular formula is C22H23ClN5O13P. The molecule has 1 aromatic carbocycles. The van der Waals surface area contributed by atoms with Crippen molar-refractivity contribution in [2.24, 2.45) is 5.11 Å². The summed E-state index contributed by atoms with van der Waals surface area (Å²) >= 11 is 6.06. The third-order valence-corrected chi connectivity index (χ3v) is 7.70. The average molecular weight is 632 g/mol. The van der Waals surface area contributed by atoms with E-state index in [-0.39, 0.29) is 13.0 Å². The summed E-state index contributed by atoms with van der Waals surface area (Å²) in [4.78, 5) is 53.4. The molecule has 0 radical (unpaired) electrons. The van der Waals surface area contributed by atoms with Crippen molar-refractivity contribution in [2.75, 3.05) is 27.4 Å². The van der Waals surface area contributed by atoms with Crippen LogP contribution in [-0.2, 0) is 41.8 Å². The quantitative estimate of drug-likeness (QED) is 0.145. The number of phosphoric ester groups is 1. The van der Waals surface area contributed by atoms with Crippen molar-refractivity contribution in [2.45, 2.75) is 36.7 Å². The summed E-state index contributed by atoms with van der Waals surface area (Å²) in [6.45, 7) is -1.07. The first-order valence-electron chi connectivity index (χ1n) is 11.9. The smallest absolute Gasteiger partial charge is 0.438 e. The second-order valence-corrected chi connectivity index (χ2v) is 10.6. The normalized spacial score (nSPS) is 28.7. The van der Waals surface area contributed by atoms with E-state index in [4.69, 9.17) is 39.4 Å². The number of azide groups is 1. The van der Waals surface area contributed by atoms with E-state index in [1.165, 1.54) is 0 Å². The summed E-state index contributed by atoms with van der Waals surface area (Å²) in [5.41, 5.74) is 5.71. The molecular weight excluding hydrogens is 609 g/mol. The summed E-state index contributed by atoms with van der Waals surface area (Å²) in [5.74, 6) is 0. The lowest BCUT2D eigenvalue weighted by Gasteiger charge is -2.33. The van der Waals surface area contributed by atoms with Gasteiger partial charge in [0.15, 0.2) is 18.4 Å². The number of hydrogen-bond acceptors (Lipinski definition) is 14.